The summed E-state index contributed by atoms with van der Waals surface area (Å²) in [5.41, 5.74) is 4.38. The summed E-state index contributed by atoms with van der Waals surface area (Å²) in [6.07, 6.45) is 0. The molecule has 3 rings (SSSR count). The molecule has 0 fully saturated rings. The molecular formula is C22H24N2O2S. The van der Waals surface area contributed by atoms with Gasteiger partial charge in [-0.3, -0.25) is 4.79 Å². The van der Waals surface area contributed by atoms with Crippen LogP contribution in [0.2, 0.25) is 0 Å². The van der Waals surface area contributed by atoms with Gasteiger partial charge in [0.15, 0.2) is 6.61 Å². The summed E-state index contributed by atoms with van der Waals surface area (Å²) in [6, 6.07) is 16.0. The highest BCUT2D eigenvalue weighted by molar-refractivity contribution is 7.13. The van der Waals surface area contributed by atoms with Crippen LogP contribution in [-0.4, -0.2) is 17.5 Å². The smallest absolute Gasteiger partial charge is 0.258 e. The third-order valence-electron chi connectivity index (χ3n) is 4.29. The second-order valence-corrected chi connectivity index (χ2v) is 7.61. The van der Waals surface area contributed by atoms with Crippen LogP contribution in [-0.2, 0) is 11.3 Å². The van der Waals surface area contributed by atoms with Gasteiger partial charge in [-0.2, -0.15) is 0 Å². The van der Waals surface area contributed by atoms with Crippen molar-refractivity contribution in [3.8, 4) is 16.3 Å². The van der Waals surface area contributed by atoms with Crippen LogP contribution in [0.1, 0.15) is 36.6 Å². The molecule has 140 valence electrons. The van der Waals surface area contributed by atoms with Gasteiger partial charge in [0.1, 0.15) is 10.8 Å². The number of hydrogen-bond donors (Lipinski definition) is 1. The van der Waals surface area contributed by atoms with Gasteiger partial charge < -0.3 is 10.1 Å². The number of hydrogen-bond acceptors (Lipinski definition) is 4. The fraction of sp³-hybridized carbons (Fsp3) is 0.273. The molecule has 0 aliphatic rings. The van der Waals surface area contributed by atoms with E-state index in [2.05, 4.69) is 49.3 Å². The van der Waals surface area contributed by atoms with E-state index in [0.29, 0.717) is 18.2 Å². The van der Waals surface area contributed by atoms with Gasteiger partial charge in [0.05, 0.1) is 12.2 Å². The van der Waals surface area contributed by atoms with Crippen molar-refractivity contribution in [2.75, 3.05) is 6.61 Å². The lowest BCUT2D eigenvalue weighted by atomic mass is 10.0. The first-order valence-electron chi connectivity index (χ1n) is 9.03. The molecule has 0 unspecified atom stereocenters. The highest BCUT2D eigenvalue weighted by atomic mass is 32.1. The van der Waals surface area contributed by atoms with Gasteiger partial charge in [-0.1, -0.05) is 50.2 Å². The molecule has 0 saturated heterocycles. The van der Waals surface area contributed by atoms with Crippen LogP contribution in [0.15, 0.2) is 53.9 Å². The van der Waals surface area contributed by atoms with E-state index in [1.807, 2.05) is 35.7 Å². The van der Waals surface area contributed by atoms with E-state index in [1.165, 1.54) is 11.1 Å². The molecule has 0 saturated carbocycles. The summed E-state index contributed by atoms with van der Waals surface area (Å²) in [4.78, 5) is 16.7. The highest BCUT2D eigenvalue weighted by Crippen LogP contribution is 2.26. The van der Waals surface area contributed by atoms with Crippen molar-refractivity contribution in [2.24, 2.45) is 0 Å². The number of aryl methyl sites for hydroxylation is 1. The molecule has 3 aromatic rings. The van der Waals surface area contributed by atoms with Gasteiger partial charge in [-0.05, 0) is 36.1 Å². The Kier molecular flexibility index (Phi) is 6.24. The van der Waals surface area contributed by atoms with Gasteiger partial charge in [0.2, 0.25) is 0 Å². The highest BCUT2D eigenvalue weighted by Gasteiger charge is 2.09. The van der Waals surface area contributed by atoms with E-state index in [9.17, 15) is 4.79 Å². The van der Waals surface area contributed by atoms with Crippen molar-refractivity contribution in [3.63, 3.8) is 0 Å². The molecule has 1 aromatic heterocycles. The van der Waals surface area contributed by atoms with Crippen molar-refractivity contribution >= 4 is 17.2 Å². The minimum atomic E-state index is -0.157. The molecule has 0 atom stereocenters. The summed E-state index contributed by atoms with van der Waals surface area (Å²) in [7, 11) is 0. The molecule has 0 bridgehead atoms. The van der Waals surface area contributed by atoms with Crippen LogP contribution >= 0.6 is 11.3 Å². The van der Waals surface area contributed by atoms with Crippen LogP contribution in [0.25, 0.3) is 10.6 Å². The number of benzene rings is 2. The van der Waals surface area contributed by atoms with Gasteiger partial charge in [0, 0.05) is 10.9 Å². The second-order valence-electron chi connectivity index (χ2n) is 6.75. The molecule has 1 N–H and O–H groups in total. The Balaban J connectivity index is 1.51. The number of thiazole rings is 1. The lowest BCUT2D eigenvalue weighted by molar-refractivity contribution is -0.123. The Morgan fingerprint density at radius 3 is 2.78 bits per heavy atom. The number of carbonyl (C=O) groups excluding carboxylic acids is 1. The molecule has 27 heavy (non-hydrogen) atoms. The Hall–Kier alpha value is -2.66. The van der Waals surface area contributed by atoms with Crippen molar-refractivity contribution in [1.82, 2.24) is 10.3 Å². The standard InChI is InChI=1S/C22H24N2O2S/c1-15(2)17-8-6-9-19(11-17)26-13-21(25)23-12-18-14-27-22(24-18)20-10-5-4-7-16(20)3/h4-11,14-15H,12-13H2,1-3H3,(H,23,25). The van der Waals surface area contributed by atoms with E-state index in [1.54, 1.807) is 11.3 Å². The van der Waals surface area contributed by atoms with Crippen molar-refractivity contribution in [3.05, 3.63) is 70.7 Å². The molecule has 0 aliphatic heterocycles. The molecule has 2 aromatic carbocycles. The molecule has 4 nitrogen and oxygen atoms in total. The second kappa shape index (κ2) is 8.82. The lowest BCUT2D eigenvalue weighted by Gasteiger charge is -2.10. The number of nitrogens with one attached hydrogen (secondary N) is 1. The zero-order valence-corrected chi connectivity index (χ0v) is 16.7. The minimum absolute atomic E-state index is 0.00363. The fourth-order valence-corrected chi connectivity index (χ4v) is 3.59. The third kappa shape index (κ3) is 5.17. The topological polar surface area (TPSA) is 51.2 Å². The van der Waals surface area contributed by atoms with E-state index >= 15 is 0 Å². The first-order valence-corrected chi connectivity index (χ1v) is 9.91. The van der Waals surface area contributed by atoms with Crippen molar-refractivity contribution in [1.29, 1.82) is 0 Å². The predicted molar refractivity (Wildman–Crippen MR) is 110 cm³/mol. The maximum Gasteiger partial charge on any atom is 0.258 e. The Morgan fingerprint density at radius 1 is 1.19 bits per heavy atom. The van der Waals surface area contributed by atoms with Crippen LogP contribution < -0.4 is 10.1 Å². The quantitative estimate of drug-likeness (QED) is 0.632. The number of rotatable bonds is 7. The minimum Gasteiger partial charge on any atom is -0.484 e. The summed E-state index contributed by atoms with van der Waals surface area (Å²) in [6.45, 7) is 6.73. The Bertz CT molecular complexity index is 918. The maximum absolute atomic E-state index is 12.1. The number of nitrogens with zero attached hydrogens (tertiary/aromatic N) is 1. The summed E-state index contributed by atoms with van der Waals surface area (Å²) < 4.78 is 5.61. The SMILES string of the molecule is Cc1ccccc1-c1nc(CNC(=O)COc2cccc(C(C)C)c2)cs1. The normalized spacial score (nSPS) is 10.8. The van der Waals surface area contributed by atoms with Crippen LogP contribution in [0, 0.1) is 6.92 Å². The number of amides is 1. The zero-order chi connectivity index (χ0) is 19.2. The monoisotopic (exact) mass is 380 g/mol. The number of carbonyl (C=O) groups is 1. The maximum atomic E-state index is 12.1. The molecular weight excluding hydrogens is 356 g/mol. The van der Waals surface area contributed by atoms with E-state index in [-0.39, 0.29) is 12.5 Å². The molecule has 1 heterocycles. The van der Waals surface area contributed by atoms with E-state index in [4.69, 9.17) is 4.74 Å². The molecule has 0 radical (unpaired) electrons. The van der Waals surface area contributed by atoms with E-state index in [0.717, 1.165) is 16.3 Å². The summed E-state index contributed by atoms with van der Waals surface area (Å²) in [5.74, 6) is 0.983. The largest absolute Gasteiger partial charge is 0.484 e. The first-order chi connectivity index (χ1) is 13.0. The summed E-state index contributed by atoms with van der Waals surface area (Å²) >= 11 is 1.59. The number of ether oxygens (including phenoxy) is 1. The number of aromatic nitrogens is 1. The molecule has 0 aliphatic carbocycles. The van der Waals surface area contributed by atoms with Gasteiger partial charge in [0.25, 0.3) is 5.91 Å². The average Bonchev–Trinajstić information content (AvgIpc) is 3.14. The third-order valence-corrected chi connectivity index (χ3v) is 5.21. The molecule has 5 heteroatoms. The van der Waals surface area contributed by atoms with E-state index < -0.39 is 0 Å². The fourth-order valence-electron chi connectivity index (χ4n) is 2.68. The molecule has 0 spiro atoms. The van der Waals surface area contributed by atoms with Crippen LogP contribution in [0.4, 0.5) is 0 Å². The zero-order valence-electron chi connectivity index (χ0n) is 15.9. The Labute approximate surface area is 164 Å². The van der Waals surface area contributed by atoms with Crippen molar-refractivity contribution in [2.45, 2.75) is 33.2 Å². The summed E-state index contributed by atoms with van der Waals surface area (Å²) in [5, 5.41) is 5.82. The lowest BCUT2D eigenvalue weighted by Crippen LogP contribution is -2.28. The van der Waals surface area contributed by atoms with Gasteiger partial charge >= 0.3 is 0 Å². The Morgan fingerprint density at radius 2 is 2.00 bits per heavy atom. The predicted octanol–water partition coefficient (Wildman–Crippen LogP) is 4.94. The molecule has 1 amide bonds. The van der Waals surface area contributed by atoms with Crippen LogP contribution in [0.5, 0.6) is 5.75 Å². The first kappa shape index (κ1) is 19.1. The van der Waals surface area contributed by atoms with Crippen LogP contribution in [0.3, 0.4) is 0 Å². The average molecular weight is 381 g/mol. The van der Waals surface area contributed by atoms with Gasteiger partial charge in [-0.25, -0.2) is 4.98 Å². The van der Waals surface area contributed by atoms with Gasteiger partial charge in [-0.15, -0.1) is 11.3 Å². The van der Waals surface area contributed by atoms with Crippen molar-refractivity contribution < 1.29 is 9.53 Å².